The van der Waals surface area contributed by atoms with Crippen molar-refractivity contribution in [3.63, 3.8) is 0 Å². The second-order valence-corrected chi connectivity index (χ2v) is 5.24. The van der Waals surface area contributed by atoms with Crippen LogP contribution < -0.4 is 0 Å². The van der Waals surface area contributed by atoms with E-state index in [0.29, 0.717) is 6.54 Å². The van der Waals surface area contributed by atoms with Crippen LogP contribution in [0.3, 0.4) is 0 Å². The maximum atomic E-state index is 12.2. The zero-order chi connectivity index (χ0) is 14.6. The normalized spacial score (nSPS) is 12.3. The number of nitrogens with zero attached hydrogens (tertiary/aromatic N) is 1. The van der Waals surface area contributed by atoms with Gasteiger partial charge in [0.2, 0.25) is 5.91 Å². The van der Waals surface area contributed by atoms with Crippen LogP contribution in [0.15, 0.2) is 24.3 Å². The Bertz CT molecular complexity index is 468. The molecule has 1 N–H and O–H groups in total. The summed E-state index contributed by atoms with van der Waals surface area (Å²) in [5, 5.41) is 9.13. The number of carboxylic acids is 1. The minimum Gasteiger partial charge on any atom is -0.481 e. The molecule has 0 spiro atoms. The molecule has 0 saturated heterocycles. The standard InChI is InChI=1S/C15H21NO3/c1-10(2)13(15(18)19)14(17)16(4)9-12-7-5-6-11(3)8-12/h5-8,10,13H,9H2,1-4H3,(H,18,19). The Morgan fingerprint density at radius 1 is 1.32 bits per heavy atom. The van der Waals surface area contributed by atoms with Crippen molar-refractivity contribution in [3.05, 3.63) is 35.4 Å². The fourth-order valence-electron chi connectivity index (χ4n) is 2.08. The summed E-state index contributed by atoms with van der Waals surface area (Å²) in [4.78, 5) is 24.8. The van der Waals surface area contributed by atoms with Gasteiger partial charge in [-0.3, -0.25) is 9.59 Å². The van der Waals surface area contributed by atoms with Crippen LogP contribution in [0, 0.1) is 18.8 Å². The Morgan fingerprint density at radius 2 is 1.95 bits per heavy atom. The van der Waals surface area contributed by atoms with Gasteiger partial charge in [-0.25, -0.2) is 0 Å². The third kappa shape index (κ3) is 4.09. The van der Waals surface area contributed by atoms with E-state index in [4.69, 9.17) is 5.11 Å². The molecule has 1 atom stereocenters. The molecule has 104 valence electrons. The number of carbonyl (C=O) groups is 2. The molecule has 1 rings (SSSR count). The van der Waals surface area contributed by atoms with E-state index in [1.165, 1.54) is 4.90 Å². The molecule has 4 heteroatoms. The average molecular weight is 263 g/mol. The number of rotatable bonds is 5. The Balaban J connectivity index is 2.79. The Morgan fingerprint density at radius 3 is 2.42 bits per heavy atom. The topological polar surface area (TPSA) is 57.6 Å². The third-order valence-electron chi connectivity index (χ3n) is 3.08. The van der Waals surface area contributed by atoms with E-state index in [9.17, 15) is 9.59 Å². The van der Waals surface area contributed by atoms with Crippen LogP contribution in [0.4, 0.5) is 0 Å². The van der Waals surface area contributed by atoms with Crippen LogP contribution in [-0.4, -0.2) is 28.9 Å². The monoisotopic (exact) mass is 263 g/mol. The summed E-state index contributed by atoms with van der Waals surface area (Å²) in [7, 11) is 1.64. The van der Waals surface area contributed by atoms with E-state index in [0.717, 1.165) is 11.1 Å². The van der Waals surface area contributed by atoms with Crippen LogP contribution in [0.1, 0.15) is 25.0 Å². The van der Waals surface area contributed by atoms with Crippen molar-refractivity contribution in [2.45, 2.75) is 27.3 Å². The Hall–Kier alpha value is -1.84. The number of hydrogen-bond donors (Lipinski definition) is 1. The molecule has 0 bridgehead atoms. The highest BCUT2D eigenvalue weighted by Gasteiger charge is 2.31. The van der Waals surface area contributed by atoms with Crippen LogP contribution >= 0.6 is 0 Å². The van der Waals surface area contributed by atoms with Crippen LogP contribution in [-0.2, 0) is 16.1 Å². The Labute approximate surface area is 114 Å². The first kappa shape index (κ1) is 15.2. The largest absolute Gasteiger partial charge is 0.481 e. The van der Waals surface area contributed by atoms with Gasteiger partial charge in [0.05, 0.1) is 0 Å². The van der Waals surface area contributed by atoms with Crippen LogP contribution in [0.2, 0.25) is 0 Å². The molecule has 0 saturated carbocycles. The first-order valence-corrected chi connectivity index (χ1v) is 6.36. The number of carbonyl (C=O) groups excluding carboxylic acids is 1. The first-order chi connectivity index (χ1) is 8.82. The van der Waals surface area contributed by atoms with Crippen molar-refractivity contribution in [2.24, 2.45) is 11.8 Å². The molecule has 0 radical (unpaired) electrons. The maximum absolute atomic E-state index is 12.2. The third-order valence-corrected chi connectivity index (χ3v) is 3.08. The molecule has 0 aliphatic carbocycles. The summed E-state index contributed by atoms with van der Waals surface area (Å²) in [5.41, 5.74) is 2.13. The van der Waals surface area contributed by atoms with Crippen molar-refractivity contribution in [3.8, 4) is 0 Å². The first-order valence-electron chi connectivity index (χ1n) is 6.36. The van der Waals surface area contributed by atoms with Gasteiger partial charge in [0.15, 0.2) is 0 Å². The van der Waals surface area contributed by atoms with Crippen molar-refractivity contribution >= 4 is 11.9 Å². The van der Waals surface area contributed by atoms with E-state index in [1.807, 2.05) is 31.2 Å². The highest BCUT2D eigenvalue weighted by atomic mass is 16.4. The van der Waals surface area contributed by atoms with Gasteiger partial charge in [0.25, 0.3) is 0 Å². The van der Waals surface area contributed by atoms with Crippen LogP contribution in [0.5, 0.6) is 0 Å². The van der Waals surface area contributed by atoms with Gasteiger partial charge in [-0.1, -0.05) is 43.7 Å². The number of aryl methyl sites for hydroxylation is 1. The second kappa shape index (κ2) is 6.36. The van der Waals surface area contributed by atoms with Gasteiger partial charge in [-0.2, -0.15) is 0 Å². The number of aliphatic carboxylic acids is 1. The van der Waals surface area contributed by atoms with Gasteiger partial charge in [-0.05, 0) is 18.4 Å². The van der Waals surface area contributed by atoms with Gasteiger partial charge >= 0.3 is 5.97 Å². The SMILES string of the molecule is Cc1cccc(CN(C)C(=O)C(C(=O)O)C(C)C)c1. The zero-order valence-electron chi connectivity index (χ0n) is 11.9. The van der Waals surface area contributed by atoms with Crippen molar-refractivity contribution in [2.75, 3.05) is 7.05 Å². The number of carboxylic acid groups (broad SMARTS) is 1. The molecule has 0 fully saturated rings. The van der Waals surface area contributed by atoms with E-state index in [1.54, 1.807) is 20.9 Å². The summed E-state index contributed by atoms with van der Waals surface area (Å²) < 4.78 is 0. The molecule has 0 heterocycles. The van der Waals surface area contributed by atoms with Crippen molar-refractivity contribution in [1.82, 2.24) is 4.90 Å². The van der Waals surface area contributed by atoms with Gasteiger partial charge in [-0.15, -0.1) is 0 Å². The fourth-order valence-corrected chi connectivity index (χ4v) is 2.08. The number of amides is 1. The minimum absolute atomic E-state index is 0.218. The predicted octanol–water partition coefficient (Wildman–Crippen LogP) is 2.31. The molecule has 0 aromatic heterocycles. The second-order valence-electron chi connectivity index (χ2n) is 5.24. The lowest BCUT2D eigenvalue weighted by Gasteiger charge is -2.23. The Kier molecular flexibility index (Phi) is 5.10. The van der Waals surface area contributed by atoms with E-state index < -0.39 is 11.9 Å². The van der Waals surface area contributed by atoms with E-state index in [-0.39, 0.29) is 11.8 Å². The molecule has 4 nitrogen and oxygen atoms in total. The summed E-state index contributed by atoms with van der Waals surface area (Å²) in [5.74, 6) is -2.60. The summed E-state index contributed by atoms with van der Waals surface area (Å²) >= 11 is 0. The van der Waals surface area contributed by atoms with Crippen molar-refractivity contribution in [1.29, 1.82) is 0 Å². The maximum Gasteiger partial charge on any atom is 0.316 e. The summed E-state index contributed by atoms with van der Waals surface area (Å²) in [6.45, 7) is 5.91. The molecular weight excluding hydrogens is 242 g/mol. The molecule has 1 unspecified atom stereocenters. The van der Waals surface area contributed by atoms with Gasteiger partial charge in [0, 0.05) is 13.6 Å². The lowest BCUT2D eigenvalue weighted by Crippen LogP contribution is -2.39. The summed E-state index contributed by atoms with van der Waals surface area (Å²) in [6.07, 6.45) is 0. The van der Waals surface area contributed by atoms with Crippen molar-refractivity contribution < 1.29 is 14.7 Å². The zero-order valence-corrected chi connectivity index (χ0v) is 11.9. The quantitative estimate of drug-likeness (QED) is 0.829. The number of benzene rings is 1. The molecule has 1 aromatic carbocycles. The molecule has 1 amide bonds. The molecule has 0 aliphatic rings. The molecule has 0 aliphatic heterocycles. The van der Waals surface area contributed by atoms with Gasteiger partial charge in [0.1, 0.15) is 5.92 Å². The average Bonchev–Trinajstić information content (AvgIpc) is 2.27. The number of hydrogen-bond acceptors (Lipinski definition) is 2. The minimum atomic E-state index is -1.06. The lowest BCUT2D eigenvalue weighted by molar-refractivity contribution is -0.152. The van der Waals surface area contributed by atoms with Crippen LogP contribution in [0.25, 0.3) is 0 Å². The summed E-state index contributed by atoms with van der Waals surface area (Å²) in [6, 6.07) is 7.84. The molecule has 19 heavy (non-hydrogen) atoms. The molecule has 1 aromatic rings. The van der Waals surface area contributed by atoms with Gasteiger partial charge < -0.3 is 10.0 Å². The van der Waals surface area contributed by atoms with E-state index >= 15 is 0 Å². The smallest absolute Gasteiger partial charge is 0.316 e. The highest BCUT2D eigenvalue weighted by Crippen LogP contribution is 2.16. The molecular formula is C15H21NO3. The predicted molar refractivity (Wildman–Crippen MR) is 73.6 cm³/mol. The lowest BCUT2D eigenvalue weighted by atomic mass is 9.94. The van der Waals surface area contributed by atoms with E-state index in [2.05, 4.69) is 0 Å². The fraction of sp³-hybridized carbons (Fsp3) is 0.467. The highest BCUT2D eigenvalue weighted by molar-refractivity contribution is 5.97.